The number of aromatic nitrogens is 2. The van der Waals surface area contributed by atoms with Crippen LogP contribution >= 0.6 is 22.9 Å². The lowest BCUT2D eigenvalue weighted by Crippen LogP contribution is -2.55. The number of nitrogens with one attached hydrogen (secondary N) is 2. The van der Waals surface area contributed by atoms with Gasteiger partial charge in [-0.15, -0.1) is 11.3 Å². The number of nitrogens with zero attached hydrogens (tertiary/aromatic N) is 3. The predicted molar refractivity (Wildman–Crippen MR) is 118 cm³/mol. The van der Waals surface area contributed by atoms with Crippen molar-refractivity contribution in [2.24, 2.45) is 7.05 Å². The van der Waals surface area contributed by atoms with Crippen LogP contribution in [0.25, 0.3) is 10.4 Å². The third-order valence-electron chi connectivity index (χ3n) is 5.02. The van der Waals surface area contributed by atoms with Gasteiger partial charge in [0.15, 0.2) is 0 Å². The maximum atomic E-state index is 13.4. The molecule has 1 fully saturated rings. The summed E-state index contributed by atoms with van der Waals surface area (Å²) in [4.78, 5) is 14.6. The van der Waals surface area contributed by atoms with Crippen molar-refractivity contribution in [1.29, 1.82) is 0 Å². The Balaban J connectivity index is 1.57. The van der Waals surface area contributed by atoms with E-state index in [2.05, 4.69) is 15.1 Å². The van der Waals surface area contributed by atoms with E-state index in [1.54, 1.807) is 10.9 Å². The molecular formula is C19H19ClFN5O3S2. The Morgan fingerprint density at radius 2 is 2.10 bits per heavy atom. The summed E-state index contributed by atoms with van der Waals surface area (Å²) < 4.78 is 44.0. The summed E-state index contributed by atoms with van der Waals surface area (Å²) in [6.45, 7) is 0. The fourth-order valence-corrected chi connectivity index (χ4v) is 5.91. The number of carbonyl (C=O) groups is 1. The molecule has 0 spiro atoms. The number of thiophene rings is 1. The largest absolute Gasteiger partial charge is 0.325 e. The van der Waals surface area contributed by atoms with Crippen LogP contribution in [0.15, 0.2) is 42.7 Å². The molecule has 1 amide bonds. The number of aryl methyl sites for hydroxylation is 1. The number of benzene rings is 1. The van der Waals surface area contributed by atoms with E-state index < -0.39 is 34.0 Å². The second kappa shape index (κ2) is 8.32. The molecule has 0 bridgehead atoms. The molecule has 8 nitrogen and oxygen atoms in total. The second-order valence-electron chi connectivity index (χ2n) is 7.17. The van der Waals surface area contributed by atoms with Crippen LogP contribution in [0.3, 0.4) is 0 Å². The summed E-state index contributed by atoms with van der Waals surface area (Å²) in [5, 5.41) is 6.64. The van der Waals surface area contributed by atoms with E-state index in [0.29, 0.717) is 0 Å². The van der Waals surface area contributed by atoms with E-state index in [-0.39, 0.29) is 17.1 Å². The first-order chi connectivity index (χ1) is 14.6. The summed E-state index contributed by atoms with van der Waals surface area (Å²) in [5.74, 6) is -1.13. The highest BCUT2D eigenvalue weighted by atomic mass is 35.5. The highest BCUT2D eigenvalue weighted by molar-refractivity contribution is 7.87. The molecule has 0 unspecified atom stereocenters. The van der Waals surface area contributed by atoms with Crippen LogP contribution in [0.2, 0.25) is 5.02 Å². The van der Waals surface area contributed by atoms with E-state index in [9.17, 15) is 17.6 Å². The lowest BCUT2D eigenvalue weighted by atomic mass is 10.1. The highest BCUT2D eigenvalue weighted by Gasteiger charge is 2.41. The van der Waals surface area contributed by atoms with Crippen LogP contribution in [0.4, 0.5) is 10.1 Å². The van der Waals surface area contributed by atoms with Crippen LogP contribution in [-0.2, 0) is 22.1 Å². The Kier molecular flexibility index (Phi) is 5.88. The molecule has 31 heavy (non-hydrogen) atoms. The third-order valence-corrected chi connectivity index (χ3v) is 8.15. The maximum Gasteiger partial charge on any atom is 0.280 e. The molecule has 1 aliphatic heterocycles. The van der Waals surface area contributed by atoms with Gasteiger partial charge < -0.3 is 5.32 Å². The Hall–Kier alpha value is -2.31. The number of hydrogen-bond acceptors (Lipinski definition) is 5. The topological polar surface area (TPSA) is 96.3 Å². The van der Waals surface area contributed by atoms with Gasteiger partial charge in [-0.05, 0) is 36.8 Å². The summed E-state index contributed by atoms with van der Waals surface area (Å²) in [7, 11) is -0.721. The molecule has 2 aromatic heterocycles. The highest BCUT2D eigenvalue weighted by Crippen LogP contribution is 2.36. The molecule has 0 radical (unpaired) electrons. The Bertz CT molecular complexity index is 1240. The van der Waals surface area contributed by atoms with Crippen LogP contribution < -0.4 is 10.0 Å². The molecule has 3 heterocycles. The van der Waals surface area contributed by atoms with Gasteiger partial charge in [0.1, 0.15) is 11.9 Å². The van der Waals surface area contributed by atoms with Crippen LogP contribution in [0.5, 0.6) is 0 Å². The number of amides is 1. The third kappa shape index (κ3) is 4.51. The molecule has 0 saturated carbocycles. The van der Waals surface area contributed by atoms with Gasteiger partial charge in [0.2, 0.25) is 5.91 Å². The maximum absolute atomic E-state index is 13.4. The summed E-state index contributed by atoms with van der Waals surface area (Å²) >= 11 is 7.21. The molecule has 3 aromatic rings. The molecule has 2 atom stereocenters. The van der Waals surface area contributed by atoms with Crippen LogP contribution in [0, 0.1) is 5.82 Å². The number of anilines is 1. The number of hydrogen-bond donors (Lipinski definition) is 2. The second-order valence-corrected chi connectivity index (χ2v) is 10.5. The van der Waals surface area contributed by atoms with Crippen molar-refractivity contribution in [3.8, 4) is 10.4 Å². The first-order valence-electron chi connectivity index (χ1n) is 9.24. The molecular weight excluding hydrogens is 465 g/mol. The van der Waals surface area contributed by atoms with Gasteiger partial charge in [0, 0.05) is 41.3 Å². The van der Waals surface area contributed by atoms with Crippen LogP contribution in [-0.4, -0.2) is 41.5 Å². The zero-order valence-corrected chi connectivity index (χ0v) is 18.9. The minimum Gasteiger partial charge on any atom is -0.325 e. The molecule has 2 N–H and O–H groups in total. The quantitative estimate of drug-likeness (QED) is 0.595. The molecule has 12 heteroatoms. The SMILES string of the molecule is CN1[C@H](C(=O)Nc2ccc(F)c(Cl)c2)C[C@@H](c2ccc(-c3cnn(C)c3)s2)NS1(=O)=O. The molecule has 1 saturated heterocycles. The lowest BCUT2D eigenvalue weighted by molar-refractivity contribution is -0.120. The predicted octanol–water partition coefficient (Wildman–Crippen LogP) is 3.16. The monoisotopic (exact) mass is 483 g/mol. The molecule has 1 aliphatic rings. The minimum absolute atomic E-state index is 0.136. The van der Waals surface area contributed by atoms with Crippen molar-refractivity contribution in [3.05, 3.63) is 58.4 Å². The van der Waals surface area contributed by atoms with Crippen LogP contribution in [0.1, 0.15) is 17.3 Å². The van der Waals surface area contributed by atoms with E-state index in [4.69, 9.17) is 11.6 Å². The van der Waals surface area contributed by atoms with Gasteiger partial charge >= 0.3 is 0 Å². The van der Waals surface area contributed by atoms with E-state index in [0.717, 1.165) is 25.7 Å². The first-order valence-corrected chi connectivity index (χ1v) is 11.9. The molecule has 0 aliphatic carbocycles. The minimum atomic E-state index is -3.88. The average molecular weight is 484 g/mol. The van der Waals surface area contributed by atoms with Crippen molar-refractivity contribution < 1.29 is 17.6 Å². The Morgan fingerprint density at radius 3 is 2.77 bits per heavy atom. The summed E-state index contributed by atoms with van der Waals surface area (Å²) in [6.07, 6.45) is 3.83. The first kappa shape index (κ1) is 21.9. The van der Waals surface area contributed by atoms with Crippen molar-refractivity contribution >= 4 is 44.7 Å². The molecule has 164 valence electrons. The van der Waals surface area contributed by atoms with Crippen molar-refractivity contribution in [2.45, 2.75) is 18.5 Å². The zero-order chi connectivity index (χ0) is 22.3. The smallest absolute Gasteiger partial charge is 0.280 e. The summed E-state index contributed by atoms with van der Waals surface area (Å²) in [6, 6.07) is 6.01. The Morgan fingerprint density at radius 1 is 1.32 bits per heavy atom. The van der Waals surface area contributed by atoms with Crippen molar-refractivity contribution in [3.63, 3.8) is 0 Å². The fourth-order valence-electron chi connectivity index (χ4n) is 3.34. The normalized spacial score (nSPS) is 21.2. The van der Waals surface area contributed by atoms with Crippen molar-refractivity contribution in [2.75, 3.05) is 12.4 Å². The van der Waals surface area contributed by atoms with E-state index in [1.165, 1.54) is 30.5 Å². The Labute approximate surface area is 187 Å². The van der Waals surface area contributed by atoms with Gasteiger partial charge in [-0.2, -0.15) is 22.5 Å². The summed E-state index contributed by atoms with van der Waals surface area (Å²) in [5.41, 5.74) is 1.21. The number of carbonyl (C=O) groups excluding carboxylic acids is 1. The zero-order valence-electron chi connectivity index (χ0n) is 16.5. The number of likely N-dealkylation sites (N-methyl/N-ethyl adjacent to an activating group) is 1. The van der Waals surface area contributed by atoms with E-state index >= 15 is 0 Å². The number of rotatable bonds is 4. The fraction of sp³-hybridized carbons (Fsp3) is 0.263. The van der Waals surface area contributed by atoms with Gasteiger partial charge in [-0.3, -0.25) is 9.48 Å². The molecule has 1 aromatic carbocycles. The lowest BCUT2D eigenvalue weighted by Gasteiger charge is -2.35. The van der Waals surface area contributed by atoms with Gasteiger partial charge in [-0.1, -0.05) is 11.6 Å². The number of halogens is 2. The van der Waals surface area contributed by atoms with E-state index in [1.807, 2.05) is 25.4 Å². The standard InChI is InChI=1S/C19H19ClFN5O3S2/c1-25-10-11(9-22-25)17-5-6-18(30-17)15-8-16(26(2)31(28,29)24-15)19(27)23-12-3-4-14(21)13(20)7-12/h3-7,9-10,15-16,24H,8H2,1-2H3,(H,23,27)/t15-,16-/m0/s1. The van der Waals surface area contributed by atoms with Gasteiger partial charge in [0.25, 0.3) is 10.2 Å². The van der Waals surface area contributed by atoms with Gasteiger partial charge in [-0.25, -0.2) is 4.39 Å². The van der Waals surface area contributed by atoms with Gasteiger partial charge in [0.05, 0.1) is 17.3 Å². The molecule has 4 rings (SSSR count). The average Bonchev–Trinajstić information content (AvgIpc) is 3.35. The van der Waals surface area contributed by atoms with Crippen molar-refractivity contribution in [1.82, 2.24) is 18.8 Å².